The SMILES string of the molecule is CC(=O)OCCCCC#CCOc1ccc(S(=O)(=O)N2CCSC(C)(C)[C@@H]2C(=O)O)cc1. The first-order valence-corrected chi connectivity index (χ1v) is 12.7. The van der Waals surface area contributed by atoms with Crippen molar-refractivity contribution in [2.75, 3.05) is 25.5 Å². The number of esters is 1. The second kappa shape index (κ2) is 11.6. The minimum atomic E-state index is -3.97. The lowest BCUT2D eigenvalue weighted by Crippen LogP contribution is -2.58. The molecular formula is C22H29NO7S2. The van der Waals surface area contributed by atoms with Crippen LogP contribution in [0.15, 0.2) is 29.2 Å². The number of rotatable bonds is 9. The van der Waals surface area contributed by atoms with Gasteiger partial charge in [0.15, 0.2) is 0 Å². The van der Waals surface area contributed by atoms with E-state index in [-0.39, 0.29) is 24.0 Å². The molecule has 0 unspecified atom stereocenters. The number of thioether (sulfide) groups is 1. The summed E-state index contributed by atoms with van der Waals surface area (Å²) < 4.78 is 36.9. The van der Waals surface area contributed by atoms with Crippen LogP contribution in [-0.4, -0.2) is 66.1 Å². The summed E-state index contributed by atoms with van der Waals surface area (Å²) in [7, 11) is -3.97. The lowest BCUT2D eigenvalue weighted by Gasteiger charge is -2.42. The molecule has 1 aromatic carbocycles. The van der Waals surface area contributed by atoms with E-state index in [0.29, 0.717) is 24.5 Å². The molecule has 0 radical (unpaired) electrons. The lowest BCUT2D eigenvalue weighted by molar-refractivity contribution is -0.142. The van der Waals surface area contributed by atoms with Crippen molar-refractivity contribution in [3.05, 3.63) is 24.3 Å². The van der Waals surface area contributed by atoms with Crippen LogP contribution >= 0.6 is 11.8 Å². The van der Waals surface area contributed by atoms with Crippen molar-refractivity contribution < 1.29 is 32.6 Å². The number of sulfonamides is 1. The van der Waals surface area contributed by atoms with Crippen LogP contribution in [0.4, 0.5) is 0 Å². The van der Waals surface area contributed by atoms with Crippen LogP contribution in [0.2, 0.25) is 0 Å². The third kappa shape index (κ3) is 7.15. The first kappa shape index (κ1) is 26.0. The van der Waals surface area contributed by atoms with Crippen molar-refractivity contribution in [1.29, 1.82) is 0 Å². The predicted octanol–water partition coefficient (Wildman–Crippen LogP) is 2.77. The molecule has 2 rings (SSSR count). The van der Waals surface area contributed by atoms with E-state index in [1.807, 2.05) is 0 Å². The van der Waals surface area contributed by atoms with Gasteiger partial charge < -0.3 is 14.6 Å². The van der Waals surface area contributed by atoms with Crippen LogP contribution in [0, 0.1) is 11.8 Å². The average Bonchev–Trinajstić information content (AvgIpc) is 2.71. The zero-order chi connectivity index (χ0) is 23.8. The van der Waals surface area contributed by atoms with Crippen molar-refractivity contribution >= 4 is 33.7 Å². The Hall–Kier alpha value is -2.22. The van der Waals surface area contributed by atoms with Gasteiger partial charge in [0.2, 0.25) is 10.0 Å². The second-order valence-electron chi connectivity index (χ2n) is 7.72. The number of carbonyl (C=O) groups is 2. The highest BCUT2D eigenvalue weighted by molar-refractivity contribution is 8.00. The minimum Gasteiger partial charge on any atom is -0.481 e. The summed E-state index contributed by atoms with van der Waals surface area (Å²) in [6, 6.07) is 4.76. The smallest absolute Gasteiger partial charge is 0.323 e. The lowest BCUT2D eigenvalue weighted by atomic mass is 10.0. The molecule has 1 atom stereocenters. The molecule has 1 saturated heterocycles. The van der Waals surface area contributed by atoms with Gasteiger partial charge in [0.1, 0.15) is 18.4 Å². The molecule has 176 valence electrons. The molecule has 0 spiro atoms. The second-order valence-corrected chi connectivity index (χ2v) is 11.4. The number of hydrogen-bond donors (Lipinski definition) is 1. The number of hydrogen-bond acceptors (Lipinski definition) is 7. The van der Waals surface area contributed by atoms with Crippen molar-refractivity contribution in [2.45, 2.75) is 55.7 Å². The third-order valence-electron chi connectivity index (χ3n) is 4.83. The molecule has 0 saturated carbocycles. The zero-order valence-corrected chi connectivity index (χ0v) is 20.1. The number of unbranched alkanes of at least 4 members (excludes halogenated alkanes) is 2. The fourth-order valence-electron chi connectivity index (χ4n) is 3.27. The van der Waals surface area contributed by atoms with E-state index in [0.717, 1.165) is 17.1 Å². The predicted molar refractivity (Wildman–Crippen MR) is 122 cm³/mol. The van der Waals surface area contributed by atoms with Gasteiger partial charge in [-0.05, 0) is 51.0 Å². The zero-order valence-electron chi connectivity index (χ0n) is 18.5. The highest BCUT2D eigenvalue weighted by Crippen LogP contribution is 2.38. The summed E-state index contributed by atoms with van der Waals surface area (Å²) in [5.41, 5.74) is 0. The fraction of sp³-hybridized carbons (Fsp3) is 0.545. The minimum absolute atomic E-state index is 0.0256. The molecule has 0 bridgehead atoms. The Bertz CT molecular complexity index is 962. The maximum atomic E-state index is 13.1. The Morgan fingerprint density at radius 1 is 1.22 bits per heavy atom. The van der Waals surface area contributed by atoms with E-state index in [4.69, 9.17) is 9.47 Å². The van der Waals surface area contributed by atoms with Crippen LogP contribution < -0.4 is 4.74 Å². The van der Waals surface area contributed by atoms with E-state index < -0.39 is 26.8 Å². The summed E-state index contributed by atoms with van der Waals surface area (Å²) in [5.74, 6) is 5.41. The maximum Gasteiger partial charge on any atom is 0.323 e. The van der Waals surface area contributed by atoms with E-state index >= 15 is 0 Å². The molecule has 1 aliphatic heterocycles. The number of nitrogens with zero attached hydrogens (tertiary/aromatic N) is 1. The molecule has 0 aromatic heterocycles. The Morgan fingerprint density at radius 2 is 1.91 bits per heavy atom. The standard InChI is InChI=1S/C22H29NO7S2/c1-17(24)29-14-7-5-4-6-8-15-30-18-9-11-19(12-10-18)32(27,28)23-13-16-31-22(2,3)20(23)21(25)26/h9-12,20H,4-5,7,13-16H2,1-3H3,(H,25,26)/t20-/m0/s1. The van der Waals surface area contributed by atoms with Gasteiger partial charge in [-0.3, -0.25) is 9.59 Å². The Labute approximate surface area is 193 Å². The largest absolute Gasteiger partial charge is 0.481 e. The molecule has 8 nitrogen and oxygen atoms in total. The first-order chi connectivity index (χ1) is 15.1. The quantitative estimate of drug-likeness (QED) is 0.324. The van der Waals surface area contributed by atoms with Crippen LogP contribution in [-0.2, 0) is 24.3 Å². The first-order valence-electron chi connectivity index (χ1n) is 10.3. The van der Waals surface area contributed by atoms with Gasteiger partial charge in [-0.1, -0.05) is 11.8 Å². The number of carboxylic acids is 1. The van der Waals surface area contributed by atoms with Crippen molar-refractivity contribution in [1.82, 2.24) is 4.31 Å². The van der Waals surface area contributed by atoms with E-state index in [1.54, 1.807) is 13.8 Å². The van der Waals surface area contributed by atoms with Crippen molar-refractivity contribution in [2.24, 2.45) is 0 Å². The van der Waals surface area contributed by atoms with Crippen molar-refractivity contribution in [3.8, 4) is 17.6 Å². The Balaban J connectivity index is 1.92. The third-order valence-corrected chi connectivity index (χ3v) is 8.07. The summed E-state index contributed by atoms with van der Waals surface area (Å²) in [6.07, 6.45) is 2.23. The summed E-state index contributed by atoms with van der Waals surface area (Å²) in [4.78, 5) is 22.5. The number of carboxylic acid groups (broad SMARTS) is 1. The van der Waals surface area contributed by atoms with E-state index in [1.165, 1.54) is 43.0 Å². The molecule has 1 aromatic rings. The molecule has 1 heterocycles. The summed E-state index contributed by atoms with van der Waals surface area (Å²) >= 11 is 1.45. The number of carbonyl (C=O) groups excluding carboxylic acids is 1. The van der Waals surface area contributed by atoms with Gasteiger partial charge in [0.05, 0.1) is 11.5 Å². The molecule has 32 heavy (non-hydrogen) atoms. The normalized spacial score (nSPS) is 18.3. The van der Waals surface area contributed by atoms with Gasteiger partial charge in [-0.2, -0.15) is 16.1 Å². The van der Waals surface area contributed by atoms with Crippen molar-refractivity contribution in [3.63, 3.8) is 0 Å². The molecule has 0 aliphatic carbocycles. The highest BCUT2D eigenvalue weighted by atomic mass is 32.2. The number of ether oxygens (including phenoxy) is 2. The number of aliphatic carboxylic acids is 1. The summed E-state index contributed by atoms with van der Waals surface area (Å²) in [6.45, 7) is 5.56. The molecule has 1 fully saturated rings. The van der Waals surface area contributed by atoms with Gasteiger partial charge in [-0.15, -0.1) is 0 Å². The highest BCUT2D eigenvalue weighted by Gasteiger charge is 2.48. The van der Waals surface area contributed by atoms with Crippen LogP contribution in [0.1, 0.15) is 40.0 Å². The van der Waals surface area contributed by atoms with Crippen LogP contribution in [0.3, 0.4) is 0 Å². The van der Waals surface area contributed by atoms with Crippen LogP contribution in [0.5, 0.6) is 5.75 Å². The number of benzene rings is 1. The molecule has 1 N–H and O–H groups in total. The van der Waals surface area contributed by atoms with Gasteiger partial charge in [0, 0.05) is 30.4 Å². The van der Waals surface area contributed by atoms with Gasteiger partial charge in [0.25, 0.3) is 0 Å². The Morgan fingerprint density at radius 3 is 2.53 bits per heavy atom. The molecule has 0 amide bonds. The van der Waals surface area contributed by atoms with E-state index in [2.05, 4.69) is 11.8 Å². The molecule has 10 heteroatoms. The monoisotopic (exact) mass is 483 g/mol. The van der Waals surface area contributed by atoms with Gasteiger partial charge >= 0.3 is 11.9 Å². The van der Waals surface area contributed by atoms with Crippen LogP contribution in [0.25, 0.3) is 0 Å². The molecule has 1 aliphatic rings. The van der Waals surface area contributed by atoms with Gasteiger partial charge in [-0.25, -0.2) is 8.42 Å². The average molecular weight is 484 g/mol. The topological polar surface area (TPSA) is 110 Å². The summed E-state index contributed by atoms with van der Waals surface area (Å²) in [5, 5.41) is 9.65. The fourth-order valence-corrected chi connectivity index (χ4v) is 6.36. The molecular weight excluding hydrogens is 454 g/mol. The maximum absolute atomic E-state index is 13.1. The Kier molecular flexibility index (Phi) is 9.43. The van der Waals surface area contributed by atoms with E-state index in [9.17, 15) is 23.1 Å².